The quantitative estimate of drug-likeness (QED) is 0.293. The maximum absolute atomic E-state index is 13.5. The van der Waals surface area contributed by atoms with Gasteiger partial charge in [-0.15, -0.1) is 0 Å². The molecule has 5 rings (SSSR count). The molecule has 0 aliphatic carbocycles. The van der Waals surface area contributed by atoms with Gasteiger partial charge in [-0.1, -0.05) is 23.3 Å². The van der Waals surface area contributed by atoms with E-state index in [1.54, 1.807) is 19.2 Å². The number of aromatic amines is 1. The Labute approximate surface area is 220 Å². The number of nitrogens with one attached hydrogen (secondary N) is 2. The van der Waals surface area contributed by atoms with Crippen molar-refractivity contribution < 1.29 is 31.1 Å². The van der Waals surface area contributed by atoms with Crippen LogP contribution in [0, 0.1) is 0 Å². The number of benzene rings is 3. The summed E-state index contributed by atoms with van der Waals surface area (Å²) in [5.41, 5.74) is -0.303. The van der Waals surface area contributed by atoms with Crippen molar-refractivity contribution in [1.29, 1.82) is 0 Å². The highest BCUT2D eigenvalue weighted by Gasteiger charge is 2.32. The van der Waals surface area contributed by atoms with Crippen LogP contribution in [0.1, 0.15) is 27.0 Å². The van der Waals surface area contributed by atoms with Crippen LogP contribution in [0.2, 0.25) is 0 Å². The van der Waals surface area contributed by atoms with E-state index >= 15 is 0 Å². The number of nitrogens with zero attached hydrogens (tertiary/aromatic N) is 6. The number of halogens is 6. The van der Waals surface area contributed by atoms with E-state index in [-0.39, 0.29) is 34.9 Å². The number of aromatic nitrogens is 6. The molecule has 0 aliphatic heterocycles. The Morgan fingerprint density at radius 3 is 2.27 bits per heavy atom. The average molecular weight is 560 g/mol. The van der Waals surface area contributed by atoms with Crippen molar-refractivity contribution >= 4 is 28.6 Å². The second-order valence-electron chi connectivity index (χ2n) is 8.71. The van der Waals surface area contributed by atoms with Gasteiger partial charge in [0.1, 0.15) is 0 Å². The van der Waals surface area contributed by atoms with E-state index in [1.165, 1.54) is 39.5 Å². The Kier molecular flexibility index (Phi) is 6.65. The molecule has 3 aromatic carbocycles. The van der Waals surface area contributed by atoms with Crippen LogP contribution < -0.4 is 10.9 Å². The molecule has 5 aromatic rings. The minimum atomic E-state index is -4.62. The maximum Gasteiger partial charge on any atom is 0.416 e. The Morgan fingerprint density at radius 1 is 0.925 bits per heavy atom. The van der Waals surface area contributed by atoms with Gasteiger partial charge in [0.25, 0.3) is 5.91 Å². The van der Waals surface area contributed by atoms with Crippen molar-refractivity contribution in [3.05, 3.63) is 94.6 Å². The molecule has 0 bridgehead atoms. The first-order valence-corrected chi connectivity index (χ1v) is 11.5. The van der Waals surface area contributed by atoms with E-state index in [0.29, 0.717) is 11.1 Å². The predicted octanol–water partition coefficient (Wildman–Crippen LogP) is 5.06. The summed E-state index contributed by atoms with van der Waals surface area (Å²) in [5.74, 6) is -0.459. The first-order valence-electron chi connectivity index (χ1n) is 11.5. The topological polar surface area (TPSA) is 106 Å². The van der Waals surface area contributed by atoms with Gasteiger partial charge >= 0.3 is 12.4 Å². The lowest BCUT2D eigenvalue weighted by Gasteiger charge is -2.10. The molecule has 40 heavy (non-hydrogen) atoms. The monoisotopic (exact) mass is 560 g/mol. The fourth-order valence-corrected chi connectivity index (χ4v) is 4.09. The zero-order chi connectivity index (χ0) is 28.7. The number of anilines is 1. The van der Waals surface area contributed by atoms with Gasteiger partial charge in [0.15, 0.2) is 0 Å². The molecule has 0 saturated carbocycles. The van der Waals surface area contributed by atoms with Gasteiger partial charge in [0.2, 0.25) is 11.6 Å². The van der Waals surface area contributed by atoms with Crippen LogP contribution in [-0.4, -0.2) is 35.7 Å². The smallest absolute Gasteiger partial charge is 0.313 e. The van der Waals surface area contributed by atoms with Gasteiger partial charge in [-0.2, -0.15) is 26.3 Å². The van der Waals surface area contributed by atoms with E-state index in [1.807, 2.05) is 0 Å². The number of hydrogen-bond donors (Lipinski definition) is 2. The average Bonchev–Trinajstić information content (AvgIpc) is 3.50. The summed E-state index contributed by atoms with van der Waals surface area (Å²) < 4.78 is 83.4. The molecule has 0 aliphatic rings. The SMILES string of the molecule is Cn1/c(=N\c2cccc(C(F)(F)F)c2)n(Cc2ccc(C(=O)Nc3nnn[nH]3)cc2)c2cc(C(F)(F)F)ccc21. The summed E-state index contributed by atoms with van der Waals surface area (Å²) >= 11 is 0. The van der Waals surface area contributed by atoms with Crippen molar-refractivity contribution in [2.75, 3.05) is 5.32 Å². The fraction of sp³-hybridized carbons (Fsp3) is 0.160. The van der Waals surface area contributed by atoms with Crippen LogP contribution in [0.5, 0.6) is 0 Å². The highest BCUT2D eigenvalue weighted by atomic mass is 19.4. The van der Waals surface area contributed by atoms with Gasteiger partial charge in [0.05, 0.1) is 34.4 Å². The number of H-pyrrole nitrogens is 1. The minimum Gasteiger partial charge on any atom is -0.313 e. The van der Waals surface area contributed by atoms with Crippen LogP contribution in [0.15, 0.2) is 71.7 Å². The zero-order valence-electron chi connectivity index (χ0n) is 20.4. The number of hydrogen-bond acceptors (Lipinski definition) is 5. The summed E-state index contributed by atoms with van der Waals surface area (Å²) in [6, 6.07) is 13.7. The molecule has 206 valence electrons. The molecular formula is C25H18F6N8O. The van der Waals surface area contributed by atoms with Crippen molar-refractivity contribution in [3.8, 4) is 0 Å². The van der Waals surface area contributed by atoms with E-state index < -0.39 is 29.4 Å². The summed E-state index contributed by atoms with van der Waals surface area (Å²) in [5, 5.41) is 15.1. The summed E-state index contributed by atoms with van der Waals surface area (Å²) in [7, 11) is 1.56. The number of carbonyl (C=O) groups excluding carboxylic acids is 1. The standard InChI is InChI=1S/C25H18F6N8O/c1-38-19-10-9-17(25(29,30)31)12-20(19)39(23(38)32-18-4-2-3-16(11-18)24(26,27)28)13-14-5-7-15(8-6-14)21(40)33-22-34-36-37-35-22/h2-12H,13H2,1H3,(H2,33,34,35,36,37,40)/b32-23+. The molecule has 2 aromatic heterocycles. The third-order valence-electron chi connectivity index (χ3n) is 6.03. The predicted molar refractivity (Wildman–Crippen MR) is 130 cm³/mol. The zero-order valence-corrected chi connectivity index (χ0v) is 20.4. The highest BCUT2D eigenvalue weighted by molar-refractivity contribution is 6.03. The highest BCUT2D eigenvalue weighted by Crippen LogP contribution is 2.33. The molecule has 0 saturated heterocycles. The molecule has 0 fully saturated rings. The lowest BCUT2D eigenvalue weighted by atomic mass is 10.1. The molecule has 0 atom stereocenters. The Morgan fingerprint density at radius 2 is 1.62 bits per heavy atom. The number of carbonyl (C=O) groups is 1. The van der Waals surface area contributed by atoms with E-state index in [2.05, 4.69) is 30.9 Å². The Bertz CT molecular complexity index is 1750. The number of aryl methyl sites for hydroxylation is 1. The largest absolute Gasteiger partial charge is 0.416 e. The molecule has 2 N–H and O–H groups in total. The number of tetrazole rings is 1. The van der Waals surface area contributed by atoms with Gasteiger partial charge in [-0.3, -0.25) is 10.1 Å². The third-order valence-corrected chi connectivity index (χ3v) is 6.03. The maximum atomic E-state index is 13.5. The van der Waals surface area contributed by atoms with Gasteiger partial charge in [0, 0.05) is 12.6 Å². The Hall–Kier alpha value is -4.95. The third kappa shape index (κ3) is 5.43. The van der Waals surface area contributed by atoms with Crippen LogP contribution in [0.3, 0.4) is 0 Å². The molecule has 1 amide bonds. The van der Waals surface area contributed by atoms with Crippen LogP contribution in [0.4, 0.5) is 38.0 Å². The number of alkyl halides is 6. The van der Waals surface area contributed by atoms with Crippen molar-refractivity contribution in [2.24, 2.45) is 12.0 Å². The normalized spacial score (nSPS) is 12.7. The molecular weight excluding hydrogens is 542 g/mol. The van der Waals surface area contributed by atoms with Gasteiger partial charge in [-0.25, -0.2) is 10.1 Å². The van der Waals surface area contributed by atoms with Gasteiger partial charge in [-0.05, 0) is 64.5 Å². The van der Waals surface area contributed by atoms with Crippen LogP contribution in [0.25, 0.3) is 11.0 Å². The second-order valence-corrected chi connectivity index (χ2v) is 8.71. The van der Waals surface area contributed by atoms with Crippen molar-refractivity contribution in [2.45, 2.75) is 18.9 Å². The number of amides is 1. The minimum absolute atomic E-state index is 0.00433. The second kappa shape index (κ2) is 9.98. The number of imidazole rings is 1. The van der Waals surface area contributed by atoms with Crippen LogP contribution >= 0.6 is 0 Å². The van der Waals surface area contributed by atoms with Gasteiger partial charge < -0.3 is 9.13 Å². The van der Waals surface area contributed by atoms with E-state index in [0.717, 1.165) is 24.3 Å². The van der Waals surface area contributed by atoms with Crippen molar-refractivity contribution in [1.82, 2.24) is 29.8 Å². The fourth-order valence-electron chi connectivity index (χ4n) is 4.09. The van der Waals surface area contributed by atoms with E-state index in [4.69, 9.17) is 0 Å². The summed E-state index contributed by atoms with van der Waals surface area (Å²) in [4.78, 5) is 16.8. The lowest BCUT2D eigenvalue weighted by Crippen LogP contribution is -2.24. The summed E-state index contributed by atoms with van der Waals surface area (Å²) in [6.07, 6.45) is -9.21. The Balaban J connectivity index is 1.59. The van der Waals surface area contributed by atoms with Crippen LogP contribution in [-0.2, 0) is 25.9 Å². The molecule has 15 heteroatoms. The van der Waals surface area contributed by atoms with E-state index in [9.17, 15) is 31.1 Å². The first-order chi connectivity index (χ1) is 18.9. The molecule has 2 heterocycles. The first kappa shape index (κ1) is 26.6. The molecule has 0 radical (unpaired) electrons. The lowest BCUT2D eigenvalue weighted by molar-refractivity contribution is -0.138. The molecule has 9 nitrogen and oxygen atoms in total. The number of fused-ring (bicyclic) bond motifs is 1. The van der Waals surface area contributed by atoms with Crippen molar-refractivity contribution in [3.63, 3.8) is 0 Å². The molecule has 0 unspecified atom stereocenters. The number of rotatable bonds is 5. The summed E-state index contributed by atoms with van der Waals surface area (Å²) in [6.45, 7) is 0.00433. The molecule has 0 spiro atoms.